The lowest BCUT2D eigenvalue weighted by Gasteiger charge is -2.36. The molecule has 96 valence electrons. The molecule has 18 heavy (non-hydrogen) atoms. The first-order chi connectivity index (χ1) is 8.58. The van der Waals surface area contributed by atoms with E-state index in [4.69, 9.17) is 23.2 Å². The van der Waals surface area contributed by atoms with Gasteiger partial charge in [-0.3, -0.25) is 4.79 Å². The highest BCUT2D eigenvalue weighted by atomic mass is 79.9. The second kappa shape index (κ2) is 4.69. The quantitative estimate of drug-likeness (QED) is 0.698. The summed E-state index contributed by atoms with van der Waals surface area (Å²) in [6, 6.07) is 4.50. The maximum absolute atomic E-state index is 11.6. The van der Waals surface area contributed by atoms with Crippen LogP contribution in [0.2, 0.25) is 10.0 Å². The summed E-state index contributed by atoms with van der Waals surface area (Å²) in [5.74, 6) is 0.373. The Hall–Kier alpha value is -0.250. The van der Waals surface area contributed by atoms with E-state index in [9.17, 15) is 4.79 Å². The van der Waals surface area contributed by atoms with E-state index < -0.39 is 0 Å². The van der Waals surface area contributed by atoms with E-state index in [1.165, 1.54) is 0 Å². The summed E-state index contributed by atoms with van der Waals surface area (Å²) in [5.41, 5.74) is 0.963. The number of nitrogens with zero attached hydrogens (tertiary/aromatic N) is 1. The Morgan fingerprint density at radius 2 is 1.72 bits per heavy atom. The van der Waals surface area contributed by atoms with Gasteiger partial charge in [0.15, 0.2) is 0 Å². The number of hydrogen-bond acceptors (Lipinski definition) is 2. The number of fused-ring (bicyclic) bond motifs is 2. The van der Waals surface area contributed by atoms with Crippen molar-refractivity contribution in [3.8, 4) is 0 Å². The number of carbonyl (C=O) groups is 1. The number of rotatable bonds is 1. The molecular formula is C13H12BrCl2NO. The molecule has 5 heteroatoms. The summed E-state index contributed by atoms with van der Waals surface area (Å²) in [6.45, 7) is 0. The van der Waals surface area contributed by atoms with Crippen LogP contribution in [0.1, 0.15) is 25.7 Å². The van der Waals surface area contributed by atoms with E-state index in [1.807, 2.05) is 12.1 Å². The summed E-state index contributed by atoms with van der Waals surface area (Å²) >= 11 is 15.9. The van der Waals surface area contributed by atoms with Crippen LogP contribution in [-0.4, -0.2) is 17.9 Å². The zero-order valence-electron chi connectivity index (χ0n) is 9.63. The minimum atomic E-state index is 0.297. The second-order valence-electron chi connectivity index (χ2n) is 4.93. The highest BCUT2D eigenvalue weighted by molar-refractivity contribution is 9.10. The molecule has 0 aromatic heterocycles. The first-order valence-corrected chi connectivity index (χ1v) is 7.56. The van der Waals surface area contributed by atoms with Gasteiger partial charge >= 0.3 is 0 Å². The molecule has 0 saturated carbocycles. The number of hydrogen-bond donors (Lipinski definition) is 0. The van der Waals surface area contributed by atoms with Crippen molar-refractivity contribution in [2.75, 3.05) is 4.90 Å². The molecule has 1 aromatic carbocycles. The standard InChI is InChI=1S/C13H12BrCl2NO/c14-10-3-4-11(13(16)12(10)15)17-7-1-2-8(17)6-9(18)5-7/h3-4,7-8H,1-2,5-6H2. The van der Waals surface area contributed by atoms with Crippen molar-refractivity contribution in [2.24, 2.45) is 0 Å². The van der Waals surface area contributed by atoms with Gasteiger partial charge in [0.2, 0.25) is 0 Å². The maximum Gasteiger partial charge on any atom is 0.137 e. The molecule has 2 bridgehead atoms. The number of benzene rings is 1. The lowest BCUT2D eigenvalue weighted by molar-refractivity contribution is -0.120. The Kier molecular flexibility index (Phi) is 3.33. The molecule has 3 rings (SSSR count). The van der Waals surface area contributed by atoms with Crippen LogP contribution >= 0.6 is 39.1 Å². The van der Waals surface area contributed by atoms with Gasteiger partial charge in [0.05, 0.1) is 15.7 Å². The first kappa shape index (κ1) is 12.8. The highest BCUT2D eigenvalue weighted by Crippen LogP contribution is 2.44. The van der Waals surface area contributed by atoms with E-state index >= 15 is 0 Å². The van der Waals surface area contributed by atoms with E-state index in [1.54, 1.807) is 0 Å². The molecule has 2 fully saturated rings. The molecule has 1 aromatic rings. The molecule has 2 aliphatic rings. The molecule has 2 nitrogen and oxygen atoms in total. The van der Waals surface area contributed by atoms with Crippen LogP contribution in [0.25, 0.3) is 0 Å². The number of halogens is 3. The van der Waals surface area contributed by atoms with Crippen LogP contribution in [-0.2, 0) is 4.79 Å². The molecular weight excluding hydrogens is 337 g/mol. The third kappa shape index (κ3) is 1.97. The van der Waals surface area contributed by atoms with Crippen molar-refractivity contribution in [2.45, 2.75) is 37.8 Å². The number of carbonyl (C=O) groups excluding carboxylic acids is 1. The van der Waals surface area contributed by atoms with Gasteiger partial charge in [-0.25, -0.2) is 0 Å². The lowest BCUT2D eigenvalue weighted by Crippen LogP contribution is -2.43. The molecule has 0 amide bonds. The second-order valence-corrected chi connectivity index (χ2v) is 6.54. The monoisotopic (exact) mass is 347 g/mol. The van der Waals surface area contributed by atoms with E-state index in [0.717, 1.165) is 23.0 Å². The summed E-state index contributed by atoms with van der Waals surface area (Å²) in [7, 11) is 0. The van der Waals surface area contributed by atoms with Crippen molar-refractivity contribution in [3.05, 3.63) is 26.7 Å². The molecule has 0 radical (unpaired) electrons. The van der Waals surface area contributed by atoms with Crippen molar-refractivity contribution in [1.29, 1.82) is 0 Å². The topological polar surface area (TPSA) is 20.3 Å². The number of ketones is 1. The van der Waals surface area contributed by atoms with Gasteiger partial charge in [-0.15, -0.1) is 0 Å². The van der Waals surface area contributed by atoms with Gasteiger partial charge in [-0.2, -0.15) is 0 Å². The molecule has 2 heterocycles. The zero-order valence-corrected chi connectivity index (χ0v) is 12.7. The Balaban J connectivity index is 2.01. The fourth-order valence-electron chi connectivity index (χ4n) is 3.08. The molecule has 2 aliphatic heterocycles. The van der Waals surface area contributed by atoms with Crippen LogP contribution in [0.15, 0.2) is 16.6 Å². The summed E-state index contributed by atoms with van der Waals surface area (Å²) in [6.07, 6.45) is 3.42. The predicted molar refractivity (Wildman–Crippen MR) is 77.7 cm³/mol. The van der Waals surface area contributed by atoms with Crippen LogP contribution < -0.4 is 4.90 Å². The summed E-state index contributed by atoms with van der Waals surface area (Å²) < 4.78 is 0.804. The molecule has 0 aliphatic carbocycles. The van der Waals surface area contributed by atoms with Crippen LogP contribution in [0.4, 0.5) is 5.69 Å². The molecule has 0 N–H and O–H groups in total. The average molecular weight is 349 g/mol. The summed E-state index contributed by atoms with van der Waals surface area (Å²) in [5, 5.41) is 1.13. The van der Waals surface area contributed by atoms with E-state index in [0.29, 0.717) is 40.8 Å². The fourth-order valence-corrected chi connectivity index (χ4v) is 3.95. The largest absolute Gasteiger partial charge is 0.363 e. The first-order valence-electron chi connectivity index (χ1n) is 6.01. The Morgan fingerprint density at radius 1 is 1.11 bits per heavy atom. The van der Waals surface area contributed by atoms with Gasteiger partial charge in [0, 0.05) is 29.4 Å². The number of piperidine rings is 1. The van der Waals surface area contributed by atoms with Gasteiger partial charge in [-0.1, -0.05) is 23.2 Å². The smallest absolute Gasteiger partial charge is 0.137 e. The van der Waals surface area contributed by atoms with Crippen molar-refractivity contribution >= 4 is 50.6 Å². The zero-order chi connectivity index (χ0) is 12.9. The molecule has 2 unspecified atom stereocenters. The van der Waals surface area contributed by atoms with Gasteiger partial charge in [0.25, 0.3) is 0 Å². The van der Waals surface area contributed by atoms with E-state index in [-0.39, 0.29) is 0 Å². The Labute approximate surface area is 124 Å². The van der Waals surface area contributed by atoms with E-state index in [2.05, 4.69) is 20.8 Å². The normalized spacial score (nSPS) is 26.8. The minimum absolute atomic E-state index is 0.297. The predicted octanol–water partition coefficient (Wildman–Crippen LogP) is 4.46. The van der Waals surface area contributed by atoms with Crippen molar-refractivity contribution < 1.29 is 4.79 Å². The van der Waals surface area contributed by atoms with Gasteiger partial charge in [-0.05, 0) is 40.9 Å². The number of Topliss-reactive ketones (excluding diaryl/α,β-unsaturated/α-hetero) is 1. The van der Waals surface area contributed by atoms with Crippen LogP contribution in [0, 0.1) is 0 Å². The number of anilines is 1. The maximum atomic E-state index is 11.6. The van der Waals surface area contributed by atoms with Crippen LogP contribution in [0.3, 0.4) is 0 Å². The lowest BCUT2D eigenvalue weighted by atomic mass is 10.0. The average Bonchev–Trinajstić information content (AvgIpc) is 2.59. The third-order valence-corrected chi connectivity index (χ3v) is 5.60. The molecule has 2 saturated heterocycles. The Bertz CT molecular complexity index is 504. The minimum Gasteiger partial charge on any atom is -0.363 e. The van der Waals surface area contributed by atoms with Gasteiger partial charge in [0.1, 0.15) is 5.78 Å². The summed E-state index contributed by atoms with van der Waals surface area (Å²) in [4.78, 5) is 13.9. The van der Waals surface area contributed by atoms with Gasteiger partial charge < -0.3 is 4.90 Å². The fraction of sp³-hybridized carbons (Fsp3) is 0.462. The Morgan fingerprint density at radius 3 is 2.33 bits per heavy atom. The molecule has 0 spiro atoms. The van der Waals surface area contributed by atoms with Crippen LogP contribution in [0.5, 0.6) is 0 Å². The third-order valence-electron chi connectivity index (χ3n) is 3.84. The molecule has 2 atom stereocenters. The SMILES string of the molecule is O=C1CC2CCC(C1)N2c1ccc(Br)c(Cl)c1Cl. The van der Waals surface area contributed by atoms with Crippen molar-refractivity contribution in [3.63, 3.8) is 0 Å². The highest BCUT2D eigenvalue weighted by Gasteiger charge is 2.41. The van der Waals surface area contributed by atoms with Crippen molar-refractivity contribution in [1.82, 2.24) is 0 Å².